The Labute approximate surface area is 166 Å². The van der Waals surface area contributed by atoms with E-state index in [2.05, 4.69) is 4.98 Å². The number of benzene rings is 1. The van der Waals surface area contributed by atoms with Crippen LogP contribution in [0.4, 0.5) is 0 Å². The third kappa shape index (κ3) is 4.97. The number of rotatable bonds is 8. The molecule has 0 spiro atoms. The molecule has 0 amide bonds. The fraction of sp³-hybridized carbons (Fsp3) is 0.400. The van der Waals surface area contributed by atoms with Gasteiger partial charge in [0.25, 0.3) is 0 Å². The van der Waals surface area contributed by atoms with E-state index in [1.54, 1.807) is 26.0 Å². The van der Waals surface area contributed by atoms with Gasteiger partial charge in [0.15, 0.2) is 5.78 Å². The molecule has 5 nitrogen and oxygen atoms in total. The molecule has 0 fully saturated rings. The molecule has 2 rings (SSSR count). The Morgan fingerprint density at radius 3 is 2.30 bits per heavy atom. The van der Waals surface area contributed by atoms with Crippen molar-refractivity contribution in [3.05, 3.63) is 53.2 Å². The van der Waals surface area contributed by atoms with Crippen LogP contribution in [0.1, 0.15) is 42.3 Å². The first kappa shape index (κ1) is 21.6. The zero-order valence-corrected chi connectivity index (χ0v) is 18.0. The van der Waals surface area contributed by atoms with Crippen LogP contribution in [0.25, 0.3) is 0 Å². The molecule has 0 N–H and O–H groups in total. The molecule has 0 aliphatic carbocycles. The van der Waals surface area contributed by atoms with Crippen molar-refractivity contribution in [3.63, 3.8) is 0 Å². The smallest absolute Gasteiger partial charge is 0.244 e. The minimum Gasteiger partial charge on any atom is -0.293 e. The Hall–Kier alpha value is -1.70. The summed E-state index contributed by atoms with van der Waals surface area (Å²) in [6.07, 6.45) is 1.36. The van der Waals surface area contributed by atoms with Crippen LogP contribution in [0.15, 0.2) is 46.5 Å². The SMILES string of the molecule is CCN(CC)S(=O)(=O)c1ccc(SC(C)C(=O)c2ccc(C)c(C)c2)nc1. The van der Waals surface area contributed by atoms with Crippen LogP contribution in [-0.4, -0.2) is 41.8 Å². The van der Waals surface area contributed by atoms with Crippen molar-refractivity contribution in [1.82, 2.24) is 9.29 Å². The van der Waals surface area contributed by atoms with Crippen LogP contribution >= 0.6 is 11.8 Å². The van der Waals surface area contributed by atoms with Gasteiger partial charge in [0.05, 0.1) is 10.3 Å². The summed E-state index contributed by atoms with van der Waals surface area (Å²) in [4.78, 5) is 17.1. The third-order valence-electron chi connectivity index (χ3n) is 4.51. The number of nitrogens with zero attached hydrogens (tertiary/aromatic N) is 2. The van der Waals surface area contributed by atoms with Crippen LogP contribution < -0.4 is 0 Å². The van der Waals surface area contributed by atoms with Crippen LogP contribution in [-0.2, 0) is 10.0 Å². The molecule has 1 aromatic carbocycles. The summed E-state index contributed by atoms with van der Waals surface area (Å²) < 4.78 is 26.4. The van der Waals surface area contributed by atoms with Gasteiger partial charge in [0.1, 0.15) is 4.90 Å². The van der Waals surface area contributed by atoms with Crippen LogP contribution in [0, 0.1) is 13.8 Å². The van der Waals surface area contributed by atoms with E-state index < -0.39 is 10.0 Å². The van der Waals surface area contributed by atoms with Gasteiger partial charge in [-0.1, -0.05) is 37.7 Å². The molecule has 0 saturated carbocycles. The van der Waals surface area contributed by atoms with Crippen molar-refractivity contribution >= 4 is 27.6 Å². The zero-order valence-electron chi connectivity index (χ0n) is 16.4. The van der Waals surface area contributed by atoms with Gasteiger partial charge in [-0.2, -0.15) is 4.31 Å². The summed E-state index contributed by atoms with van der Waals surface area (Å²) in [5.74, 6) is 0.0322. The second-order valence-electron chi connectivity index (χ2n) is 6.34. The Morgan fingerprint density at radius 2 is 1.78 bits per heavy atom. The predicted molar refractivity (Wildman–Crippen MR) is 110 cm³/mol. The third-order valence-corrected chi connectivity index (χ3v) is 7.59. The molecule has 7 heteroatoms. The quantitative estimate of drug-likeness (QED) is 0.488. The second kappa shape index (κ2) is 8.99. The number of aryl methyl sites for hydroxylation is 2. The predicted octanol–water partition coefficient (Wildman–Crippen LogP) is 4.09. The first-order valence-corrected chi connectivity index (χ1v) is 11.3. The van der Waals surface area contributed by atoms with Crippen molar-refractivity contribution < 1.29 is 13.2 Å². The van der Waals surface area contributed by atoms with Gasteiger partial charge in [-0.25, -0.2) is 13.4 Å². The van der Waals surface area contributed by atoms with E-state index in [0.29, 0.717) is 23.7 Å². The number of thioether (sulfide) groups is 1. The Kier molecular flexibility index (Phi) is 7.19. The van der Waals surface area contributed by atoms with E-state index in [1.807, 2.05) is 39.0 Å². The number of carbonyl (C=O) groups is 1. The molecule has 2 aromatic rings. The normalized spacial score (nSPS) is 13.0. The molecular weight excluding hydrogens is 380 g/mol. The highest BCUT2D eigenvalue weighted by Gasteiger charge is 2.22. The number of sulfonamides is 1. The molecular formula is C20H26N2O3S2. The fourth-order valence-electron chi connectivity index (χ4n) is 2.67. The van der Waals surface area contributed by atoms with Gasteiger partial charge in [0, 0.05) is 24.8 Å². The number of aromatic nitrogens is 1. The summed E-state index contributed by atoms with van der Waals surface area (Å²) in [5, 5.41) is 0.308. The van der Waals surface area contributed by atoms with E-state index in [1.165, 1.54) is 22.3 Å². The molecule has 0 saturated heterocycles. The molecule has 0 aliphatic rings. The summed E-state index contributed by atoms with van der Waals surface area (Å²) >= 11 is 1.33. The highest BCUT2D eigenvalue weighted by molar-refractivity contribution is 8.00. The van der Waals surface area contributed by atoms with Crippen molar-refractivity contribution in [2.45, 2.75) is 49.8 Å². The molecule has 0 radical (unpaired) electrons. The van der Waals surface area contributed by atoms with Gasteiger partial charge in [-0.15, -0.1) is 0 Å². The molecule has 27 heavy (non-hydrogen) atoms. The summed E-state index contributed by atoms with van der Waals surface area (Å²) in [5.41, 5.74) is 2.92. The lowest BCUT2D eigenvalue weighted by atomic mass is 10.0. The molecule has 146 valence electrons. The van der Waals surface area contributed by atoms with Crippen LogP contribution in [0.2, 0.25) is 0 Å². The Balaban J connectivity index is 2.13. The molecule has 1 heterocycles. The van der Waals surface area contributed by atoms with Crippen LogP contribution in [0.3, 0.4) is 0 Å². The highest BCUT2D eigenvalue weighted by Crippen LogP contribution is 2.26. The largest absolute Gasteiger partial charge is 0.293 e. The van der Waals surface area contributed by atoms with E-state index in [0.717, 1.165) is 11.1 Å². The monoisotopic (exact) mass is 406 g/mol. The first-order valence-electron chi connectivity index (χ1n) is 8.95. The minimum absolute atomic E-state index is 0.0322. The maximum atomic E-state index is 12.7. The molecule has 0 bridgehead atoms. The molecule has 0 aliphatic heterocycles. The summed E-state index contributed by atoms with van der Waals surface area (Å²) in [6, 6.07) is 8.91. The number of ketones is 1. The Morgan fingerprint density at radius 1 is 1.11 bits per heavy atom. The van der Waals surface area contributed by atoms with Crippen molar-refractivity contribution in [3.8, 4) is 0 Å². The zero-order chi connectivity index (χ0) is 20.2. The topological polar surface area (TPSA) is 67.3 Å². The first-order chi connectivity index (χ1) is 12.7. The standard InChI is InChI=1S/C20H26N2O3S2/c1-6-22(7-2)27(24,25)18-10-11-19(21-13-18)26-16(5)20(23)17-9-8-14(3)15(4)12-17/h8-13,16H,6-7H2,1-5H3. The van der Waals surface area contributed by atoms with Gasteiger partial charge < -0.3 is 0 Å². The lowest BCUT2D eigenvalue weighted by molar-refractivity contribution is 0.0994. The van der Waals surface area contributed by atoms with Crippen molar-refractivity contribution in [2.24, 2.45) is 0 Å². The Bertz CT molecular complexity index is 905. The van der Waals surface area contributed by atoms with Crippen molar-refractivity contribution in [1.29, 1.82) is 0 Å². The fourth-order valence-corrected chi connectivity index (χ4v) is 4.94. The van der Waals surface area contributed by atoms with Gasteiger partial charge >= 0.3 is 0 Å². The number of pyridine rings is 1. The summed E-state index contributed by atoms with van der Waals surface area (Å²) in [7, 11) is -3.52. The molecule has 1 atom stereocenters. The number of hydrogen-bond acceptors (Lipinski definition) is 5. The van der Waals surface area contributed by atoms with E-state index in [-0.39, 0.29) is 15.9 Å². The number of Topliss-reactive ketones (excluding diaryl/α,β-unsaturated/α-hetero) is 1. The van der Waals surface area contributed by atoms with Gasteiger partial charge in [-0.3, -0.25) is 4.79 Å². The van der Waals surface area contributed by atoms with E-state index >= 15 is 0 Å². The maximum absolute atomic E-state index is 12.7. The summed E-state index contributed by atoms with van der Waals surface area (Å²) in [6.45, 7) is 10.3. The number of hydrogen-bond donors (Lipinski definition) is 0. The van der Waals surface area contributed by atoms with Gasteiger partial charge in [-0.05, 0) is 50.1 Å². The van der Waals surface area contributed by atoms with Gasteiger partial charge in [0.2, 0.25) is 10.0 Å². The minimum atomic E-state index is -3.52. The molecule has 1 aromatic heterocycles. The molecule has 1 unspecified atom stereocenters. The number of carbonyl (C=O) groups excluding carboxylic acids is 1. The maximum Gasteiger partial charge on any atom is 0.244 e. The van der Waals surface area contributed by atoms with Crippen molar-refractivity contribution in [2.75, 3.05) is 13.1 Å². The lowest BCUT2D eigenvalue weighted by Crippen LogP contribution is -2.30. The average molecular weight is 407 g/mol. The van der Waals surface area contributed by atoms with E-state index in [9.17, 15) is 13.2 Å². The van der Waals surface area contributed by atoms with Crippen LogP contribution in [0.5, 0.6) is 0 Å². The lowest BCUT2D eigenvalue weighted by Gasteiger charge is -2.18. The van der Waals surface area contributed by atoms with E-state index in [4.69, 9.17) is 0 Å². The second-order valence-corrected chi connectivity index (χ2v) is 9.64. The average Bonchev–Trinajstić information content (AvgIpc) is 2.64. The highest BCUT2D eigenvalue weighted by atomic mass is 32.2.